The second-order valence-electron chi connectivity index (χ2n) is 10.2. The van der Waals surface area contributed by atoms with Crippen LogP contribution in [0.2, 0.25) is 0 Å². The highest BCUT2D eigenvalue weighted by atomic mass is 16.5. The van der Waals surface area contributed by atoms with Crippen molar-refractivity contribution in [3.63, 3.8) is 0 Å². The van der Waals surface area contributed by atoms with E-state index in [1.807, 2.05) is 0 Å². The molecule has 0 rings (SSSR count). The third-order valence-corrected chi connectivity index (χ3v) is 7.15. The zero-order valence-corrected chi connectivity index (χ0v) is 23.4. The SMILES string of the molecule is CCCCCCCCOC(=O)CCCC(CC)(CCCCCC)C(=O)OCCCCCCCC. The molecular formula is C30H58O4. The molecule has 4 heteroatoms. The first-order valence-electron chi connectivity index (χ1n) is 14.9. The molecule has 0 amide bonds. The van der Waals surface area contributed by atoms with E-state index in [1.54, 1.807) is 0 Å². The summed E-state index contributed by atoms with van der Waals surface area (Å²) in [6.45, 7) is 9.81. The van der Waals surface area contributed by atoms with E-state index < -0.39 is 5.41 Å². The lowest BCUT2D eigenvalue weighted by Crippen LogP contribution is -2.33. The van der Waals surface area contributed by atoms with Gasteiger partial charge < -0.3 is 9.47 Å². The maximum Gasteiger partial charge on any atom is 0.312 e. The summed E-state index contributed by atoms with van der Waals surface area (Å²) in [4.78, 5) is 25.4. The van der Waals surface area contributed by atoms with E-state index in [1.165, 1.54) is 64.2 Å². The van der Waals surface area contributed by atoms with Crippen molar-refractivity contribution in [2.45, 2.75) is 163 Å². The van der Waals surface area contributed by atoms with Crippen molar-refractivity contribution in [2.24, 2.45) is 5.41 Å². The largest absolute Gasteiger partial charge is 0.466 e. The Morgan fingerprint density at radius 1 is 0.529 bits per heavy atom. The van der Waals surface area contributed by atoms with Crippen molar-refractivity contribution in [1.29, 1.82) is 0 Å². The second kappa shape index (κ2) is 23.7. The standard InChI is InChI=1S/C30H58O4/c1-5-9-12-15-17-20-26-33-28(31)23-22-25-30(8-4,24-19-14-11-7-3)29(32)34-27-21-18-16-13-10-6-2/h5-27H2,1-4H3. The van der Waals surface area contributed by atoms with Crippen molar-refractivity contribution in [2.75, 3.05) is 13.2 Å². The summed E-state index contributed by atoms with van der Waals surface area (Å²) in [7, 11) is 0. The molecule has 0 bridgehead atoms. The Kier molecular flexibility index (Phi) is 22.9. The van der Waals surface area contributed by atoms with Gasteiger partial charge in [0.1, 0.15) is 0 Å². The predicted octanol–water partition coefficient (Wildman–Crippen LogP) is 9.33. The molecule has 0 heterocycles. The zero-order chi connectivity index (χ0) is 25.3. The van der Waals surface area contributed by atoms with Crippen LogP contribution in [-0.2, 0) is 19.1 Å². The van der Waals surface area contributed by atoms with E-state index in [-0.39, 0.29) is 11.9 Å². The molecule has 0 spiro atoms. The van der Waals surface area contributed by atoms with Gasteiger partial charge in [0, 0.05) is 6.42 Å². The average Bonchev–Trinajstić information content (AvgIpc) is 2.84. The van der Waals surface area contributed by atoms with Crippen molar-refractivity contribution < 1.29 is 19.1 Å². The average molecular weight is 483 g/mol. The zero-order valence-electron chi connectivity index (χ0n) is 23.4. The van der Waals surface area contributed by atoms with Gasteiger partial charge in [0.25, 0.3) is 0 Å². The van der Waals surface area contributed by atoms with Gasteiger partial charge in [-0.15, -0.1) is 0 Å². The van der Waals surface area contributed by atoms with Gasteiger partial charge in [0.15, 0.2) is 0 Å². The summed E-state index contributed by atoms with van der Waals surface area (Å²) in [5.74, 6) is -0.162. The number of ether oxygens (including phenoxy) is 2. The molecule has 34 heavy (non-hydrogen) atoms. The van der Waals surface area contributed by atoms with Gasteiger partial charge in [0.2, 0.25) is 0 Å². The molecular weight excluding hydrogens is 424 g/mol. The number of hydrogen-bond acceptors (Lipinski definition) is 4. The van der Waals surface area contributed by atoms with E-state index in [2.05, 4.69) is 27.7 Å². The van der Waals surface area contributed by atoms with Crippen LogP contribution in [0.3, 0.4) is 0 Å². The molecule has 0 N–H and O–H groups in total. The minimum atomic E-state index is -0.449. The second-order valence-corrected chi connectivity index (χ2v) is 10.2. The fourth-order valence-corrected chi connectivity index (χ4v) is 4.63. The van der Waals surface area contributed by atoms with Crippen molar-refractivity contribution in [1.82, 2.24) is 0 Å². The lowest BCUT2D eigenvalue weighted by Gasteiger charge is -2.30. The van der Waals surface area contributed by atoms with Crippen LogP contribution in [0, 0.1) is 5.41 Å². The fraction of sp³-hybridized carbons (Fsp3) is 0.933. The summed E-state index contributed by atoms with van der Waals surface area (Å²) in [5, 5.41) is 0. The maximum atomic E-state index is 13.2. The van der Waals surface area contributed by atoms with E-state index in [0.29, 0.717) is 26.1 Å². The number of carbonyl (C=O) groups is 2. The number of rotatable bonds is 25. The van der Waals surface area contributed by atoms with Crippen LogP contribution in [-0.4, -0.2) is 25.2 Å². The first-order valence-corrected chi connectivity index (χ1v) is 14.9. The molecule has 0 aromatic carbocycles. The molecule has 1 unspecified atom stereocenters. The Hall–Kier alpha value is -1.06. The lowest BCUT2D eigenvalue weighted by molar-refractivity contribution is -0.158. The quantitative estimate of drug-likeness (QED) is 0.0960. The maximum absolute atomic E-state index is 13.2. The molecule has 0 radical (unpaired) electrons. The van der Waals surface area contributed by atoms with E-state index in [4.69, 9.17) is 9.47 Å². The van der Waals surface area contributed by atoms with Crippen LogP contribution in [0.1, 0.15) is 163 Å². The smallest absolute Gasteiger partial charge is 0.312 e. The Morgan fingerprint density at radius 2 is 0.971 bits per heavy atom. The molecule has 0 saturated heterocycles. The Bertz CT molecular complexity index is 476. The van der Waals surface area contributed by atoms with E-state index in [9.17, 15) is 9.59 Å². The highest BCUT2D eigenvalue weighted by Gasteiger charge is 2.37. The lowest BCUT2D eigenvalue weighted by atomic mass is 9.76. The van der Waals surface area contributed by atoms with Gasteiger partial charge in [-0.2, -0.15) is 0 Å². The van der Waals surface area contributed by atoms with Gasteiger partial charge in [0.05, 0.1) is 18.6 Å². The molecule has 0 aliphatic heterocycles. The molecule has 0 aromatic rings. The third-order valence-electron chi connectivity index (χ3n) is 7.15. The van der Waals surface area contributed by atoms with Gasteiger partial charge in [-0.05, 0) is 38.5 Å². The Labute approximate surface area is 212 Å². The molecule has 0 fully saturated rings. The van der Waals surface area contributed by atoms with Crippen LogP contribution in [0.4, 0.5) is 0 Å². The topological polar surface area (TPSA) is 52.6 Å². The minimum Gasteiger partial charge on any atom is -0.466 e. The minimum absolute atomic E-state index is 0.0412. The highest BCUT2D eigenvalue weighted by molar-refractivity contribution is 5.77. The molecule has 1 atom stereocenters. The Balaban J connectivity index is 4.45. The van der Waals surface area contributed by atoms with Crippen molar-refractivity contribution >= 4 is 11.9 Å². The molecule has 0 aromatic heterocycles. The molecule has 0 aliphatic carbocycles. The summed E-state index contributed by atoms with van der Waals surface area (Å²) in [5.41, 5.74) is -0.449. The van der Waals surface area contributed by atoms with E-state index in [0.717, 1.165) is 57.8 Å². The van der Waals surface area contributed by atoms with Crippen LogP contribution in [0.15, 0.2) is 0 Å². The first-order chi connectivity index (χ1) is 16.6. The number of unbranched alkanes of at least 4 members (excludes halogenated alkanes) is 13. The molecule has 4 nitrogen and oxygen atoms in total. The van der Waals surface area contributed by atoms with Crippen LogP contribution in [0.25, 0.3) is 0 Å². The van der Waals surface area contributed by atoms with Gasteiger partial charge >= 0.3 is 11.9 Å². The Morgan fingerprint density at radius 3 is 1.50 bits per heavy atom. The van der Waals surface area contributed by atoms with E-state index >= 15 is 0 Å². The van der Waals surface area contributed by atoms with Crippen molar-refractivity contribution in [3.8, 4) is 0 Å². The van der Waals surface area contributed by atoms with Crippen molar-refractivity contribution in [3.05, 3.63) is 0 Å². The van der Waals surface area contributed by atoms with Crippen LogP contribution >= 0.6 is 0 Å². The highest BCUT2D eigenvalue weighted by Crippen LogP contribution is 2.36. The fourth-order valence-electron chi connectivity index (χ4n) is 4.63. The summed E-state index contributed by atoms with van der Waals surface area (Å²) in [6, 6.07) is 0. The third kappa shape index (κ3) is 17.4. The number of carbonyl (C=O) groups excluding carboxylic acids is 2. The van der Waals surface area contributed by atoms with Gasteiger partial charge in [-0.3, -0.25) is 9.59 Å². The van der Waals surface area contributed by atoms with Gasteiger partial charge in [-0.1, -0.05) is 118 Å². The van der Waals surface area contributed by atoms with Crippen LogP contribution < -0.4 is 0 Å². The molecule has 0 saturated carbocycles. The normalized spacial score (nSPS) is 12.9. The summed E-state index contributed by atoms with van der Waals surface area (Å²) < 4.78 is 11.2. The molecule has 202 valence electrons. The first kappa shape index (κ1) is 32.9. The summed E-state index contributed by atoms with van der Waals surface area (Å²) >= 11 is 0. The number of hydrogen-bond donors (Lipinski definition) is 0. The monoisotopic (exact) mass is 482 g/mol. The number of esters is 2. The molecule has 0 aliphatic rings. The van der Waals surface area contributed by atoms with Crippen LogP contribution in [0.5, 0.6) is 0 Å². The van der Waals surface area contributed by atoms with Gasteiger partial charge in [-0.25, -0.2) is 0 Å². The summed E-state index contributed by atoms with van der Waals surface area (Å²) in [6.07, 6.45) is 22.3. The predicted molar refractivity (Wildman–Crippen MR) is 144 cm³/mol.